The van der Waals surface area contributed by atoms with E-state index < -0.39 is 11.9 Å². The molecule has 0 radical (unpaired) electrons. The molecule has 3 aromatic rings. The van der Waals surface area contributed by atoms with Crippen LogP contribution in [0.1, 0.15) is 31.7 Å². The Labute approximate surface area is 191 Å². The summed E-state index contributed by atoms with van der Waals surface area (Å²) in [5.74, 6) is -0.180. The van der Waals surface area contributed by atoms with Gasteiger partial charge in [0.05, 0.1) is 17.6 Å². The highest BCUT2D eigenvalue weighted by atomic mass is 32.2. The highest BCUT2D eigenvalue weighted by molar-refractivity contribution is 7.99. The van der Waals surface area contributed by atoms with Gasteiger partial charge in [0.15, 0.2) is 0 Å². The van der Waals surface area contributed by atoms with Crippen LogP contribution in [0.25, 0.3) is 0 Å². The number of hydrogen-bond acceptors (Lipinski definition) is 7. The Morgan fingerprint density at radius 1 is 1.19 bits per heavy atom. The van der Waals surface area contributed by atoms with Crippen LogP contribution >= 0.6 is 11.8 Å². The summed E-state index contributed by atoms with van der Waals surface area (Å²) in [4.78, 5) is 21.9. The van der Waals surface area contributed by atoms with E-state index in [0.717, 1.165) is 4.90 Å². The van der Waals surface area contributed by atoms with Crippen molar-refractivity contribution in [2.45, 2.75) is 36.6 Å². The van der Waals surface area contributed by atoms with Gasteiger partial charge < -0.3 is 16.2 Å². The molecule has 0 saturated carbocycles. The maximum atomic E-state index is 11.8. The number of rotatable bonds is 9. The summed E-state index contributed by atoms with van der Waals surface area (Å²) in [6.07, 6.45) is 0.775. The lowest BCUT2D eigenvalue weighted by atomic mass is 9.94. The Bertz CT molecular complexity index is 1130. The molecule has 0 saturated heterocycles. The van der Waals surface area contributed by atoms with Gasteiger partial charge in [-0.3, -0.25) is 4.79 Å². The summed E-state index contributed by atoms with van der Waals surface area (Å²) in [7, 11) is 0. The number of nitrogen functional groups attached to an aromatic ring is 1. The molecule has 3 rings (SSSR count). The third-order valence-electron chi connectivity index (χ3n) is 4.65. The van der Waals surface area contributed by atoms with E-state index in [2.05, 4.69) is 21.4 Å². The molecule has 8 heteroatoms. The maximum Gasteiger partial charge on any atom is 0.306 e. The van der Waals surface area contributed by atoms with E-state index in [1.807, 2.05) is 50.2 Å². The second-order valence-electron chi connectivity index (χ2n) is 7.87. The van der Waals surface area contributed by atoms with Gasteiger partial charge in [-0.05, 0) is 54.8 Å². The second-order valence-corrected chi connectivity index (χ2v) is 8.96. The summed E-state index contributed by atoms with van der Waals surface area (Å²) in [6.45, 7) is 4.00. The number of carboxylic acid groups (broad SMARTS) is 1. The molecule has 1 aromatic heterocycles. The van der Waals surface area contributed by atoms with Crippen molar-refractivity contribution in [3.05, 3.63) is 66.0 Å². The fourth-order valence-electron chi connectivity index (χ4n) is 3.21. The van der Waals surface area contributed by atoms with Crippen LogP contribution in [-0.2, 0) is 11.2 Å². The second kappa shape index (κ2) is 10.6. The Hall–Kier alpha value is -3.57. The number of carbonyl (C=O) groups is 1. The van der Waals surface area contributed by atoms with Crippen LogP contribution in [0.2, 0.25) is 0 Å². The molecule has 164 valence electrons. The molecule has 0 fully saturated rings. The van der Waals surface area contributed by atoms with Crippen molar-refractivity contribution in [1.29, 1.82) is 5.26 Å². The molecule has 7 nitrogen and oxygen atoms in total. The van der Waals surface area contributed by atoms with Gasteiger partial charge in [0, 0.05) is 28.8 Å². The molecule has 1 heterocycles. The monoisotopic (exact) mass is 447 g/mol. The summed E-state index contributed by atoms with van der Waals surface area (Å²) in [5.41, 5.74) is 7.70. The quantitative estimate of drug-likeness (QED) is 0.305. The zero-order chi connectivity index (χ0) is 23.1. The minimum absolute atomic E-state index is 0.233. The Kier molecular flexibility index (Phi) is 7.68. The minimum Gasteiger partial charge on any atom is -0.481 e. The molecule has 0 spiro atoms. The van der Waals surface area contributed by atoms with Gasteiger partial charge in [-0.2, -0.15) is 5.26 Å². The Morgan fingerprint density at radius 3 is 2.59 bits per heavy atom. The van der Waals surface area contributed by atoms with E-state index in [0.29, 0.717) is 40.0 Å². The summed E-state index contributed by atoms with van der Waals surface area (Å²) >= 11 is 1.45. The first-order chi connectivity index (χ1) is 15.3. The highest BCUT2D eigenvalue weighted by Crippen LogP contribution is 2.30. The lowest BCUT2D eigenvalue weighted by molar-refractivity contribution is -0.142. The first kappa shape index (κ1) is 23.1. The summed E-state index contributed by atoms with van der Waals surface area (Å²) in [5, 5.41) is 22.7. The van der Waals surface area contributed by atoms with Crippen molar-refractivity contribution in [2.24, 2.45) is 11.8 Å². The summed E-state index contributed by atoms with van der Waals surface area (Å²) < 4.78 is 0. The number of aliphatic carboxylic acids is 1. The predicted octanol–water partition coefficient (Wildman–Crippen LogP) is 5.11. The molecular weight excluding hydrogens is 422 g/mol. The number of nitrogens with zero attached hydrogens (tertiary/aromatic N) is 3. The average Bonchev–Trinajstić information content (AvgIpc) is 2.74. The fraction of sp³-hybridized carbons (Fsp3) is 0.250. The van der Waals surface area contributed by atoms with Gasteiger partial charge in [0.1, 0.15) is 16.7 Å². The molecule has 0 unspecified atom stereocenters. The maximum absolute atomic E-state index is 11.8. The zero-order valence-corrected chi connectivity index (χ0v) is 18.8. The molecule has 0 amide bonds. The van der Waals surface area contributed by atoms with E-state index in [1.54, 1.807) is 18.2 Å². The van der Waals surface area contributed by atoms with E-state index >= 15 is 0 Å². The molecule has 0 bridgehead atoms. The predicted molar refractivity (Wildman–Crippen MR) is 126 cm³/mol. The van der Waals surface area contributed by atoms with Gasteiger partial charge in [-0.25, -0.2) is 9.97 Å². The lowest BCUT2D eigenvalue weighted by Crippen LogP contribution is -2.20. The van der Waals surface area contributed by atoms with E-state index in [1.165, 1.54) is 11.8 Å². The molecule has 1 atom stereocenters. The minimum atomic E-state index is -0.852. The van der Waals surface area contributed by atoms with Crippen LogP contribution in [-0.4, -0.2) is 21.0 Å². The van der Waals surface area contributed by atoms with Crippen molar-refractivity contribution in [3.63, 3.8) is 0 Å². The molecule has 0 aliphatic carbocycles. The van der Waals surface area contributed by atoms with Gasteiger partial charge in [0.25, 0.3) is 0 Å². The Morgan fingerprint density at radius 2 is 1.94 bits per heavy atom. The number of hydrogen-bond donors (Lipinski definition) is 3. The van der Waals surface area contributed by atoms with Crippen molar-refractivity contribution >= 4 is 34.9 Å². The zero-order valence-electron chi connectivity index (χ0n) is 17.9. The van der Waals surface area contributed by atoms with Gasteiger partial charge in [-0.15, -0.1) is 0 Å². The van der Waals surface area contributed by atoms with Crippen molar-refractivity contribution in [1.82, 2.24) is 9.97 Å². The van der Waals surface area contributed by atoms with Crippen LogP contribution in [0, 0.1) is 23.2 Å². The first-order valence-corrected chi connectivity index (χ1v) is 11.1. The number of nitriles is 1. The van der Waals surface area contributed by atoms with Crippen molar-refractivity contribution in [2.75, 3.05) is 11.1 Å². The molecule has 32 heavy (non-hydrogen) atoms. The van der Waals surface area contributed by atoms with Crippen LogP contribution < -0.4 is 11.1 Å². The fourth-order valence-corrected chi connectivity index (χ4v) is 4.05. The van der Waals surface area contributed by atoms with Crippen LogP contribution in [0.15, 0.2) is 64.5 Å². The molecule has 4 N–H and O–H groups in total. The third-order valence-corrected chi connectivity index (χ3v) is 5.58. The van der Waals surface area contributed by atoms with Crippen LogP contribution in [0.3, 0.4) is 0 Å². The number of benzene rings is 2. The van der Waals surface area contributed by atoms with Gasteiger partial charge >= 0.3 is 5.97 Å². The normalized spacial score (nSPS) is 11.7. The number of carboxylic acids is 1. The first-order valence-electron chi connectivity index (χ1n) is 10.2. The number of nitrogens with two attached hydrogens (primary N) is 1. The average molecular weight is 448 g/mol. The van der Waals surface area contributed by atoms with Crippen LogP contribution in [0.4, 0.5) is 17.2 Å². The standard InChI is InChI=1S/C24H25N5O2S/c1-15(2)10-17(24(30)31)12-21-28-22(27-19-5-3-4-16(11-19)14-25)13-23(29-21)32-20-8-6-18(26)7-9-20/h3-9,11,13,15,17H,10,12,26H2,1-2H3,(H,30,31)(H,27,28,29)/t17-/m0/s1. The molecule has 0 aliphatic heterocycles. The van der Waals surface area contributed by atoms with Crippen molar-refractivity contribution < 1.29 is 9.90 Å². The molecular formula is C24H25N5O2S. The summed E-state index contributed by atoms with van der Waals surface area (Å²) in [6, 6.07) is 18.5. The number of anilines is 3. The van der Waals surface area contributed by atoms with E-state index in [-0.39, 0.29) is 12.3 Å². The van der Waals surface area contributed by atoms with Gasteiger partial charge in [0.2, 0.25) is 0 Å². The van der Waals surface area contributed by atoms with Crippen molar-refractivity contribution in [3.8, 4) is 6.07 Å². The van der Waals surface area contributed by atoms with E-state index in [4.69, 9.17) is 11.0 Å². The Balaban J connectivity index is 1.93. The molecule has 2 aromatic carbocycles. The number of nitrogens with one attached hydrogen (secondary N) is 1. The smallest absolute Gasteiger partial charge is 0.306 e. The highest BCUT2D eigenvalue weighted by Gasteiger charge is 2.21. The molecule has 0 aliphatic rings. The largest absolute Gasteiger partial charge is 0.481 e. The topological polar surface area (TPSA) is 125 Å². The third kappa shape index (κ3) is 6.72. The lowest BCUT2D eigenvalue weighted by Gasteiger charge is -2.15. The van der Waals surface area contributed by atoms with Crippen LogP contribution in [0.5, 0.6) is 0 Å². The SMILES string of the molecule is CC(C)C[C@@H](Cc1nc(Nc2cccc(C#N)c2)cc(Sc2ccc(N)cc2)n1)C(=O)O. The van der Waals surface area contributed by atoms with Gasteiger partial charge in [-0.1, -0.05) is 31.7 Å². The van der Waals surface area contributed by atoms with E-state index in [9.17, 15) is 9.90 Å². The number of aromatic nitrogens is 2.